The van der Waals surface area contributed by atoms with E-state index in [0.29, 0.717) is 0 Å². The van der Waals surface area contributed by atoms with E-state index in [9.17, 15) is 4.79 Å². The van der Waals surface area contributed by atoms with Gasteiger partial charge in [0.05, 0.1) is 12.2 Å². The summed E-state index contributed by atoms with van der Waals surface area (Å²) >= 11 is 0. The van der Waals surface area contributed by atoms with Gasteiger partial charge in [0.15, 0.2) is 5.69 Å². The van der Waals surface area contributed by atoms with Crippen LogP contribution in [-0.2, 0) is 6.54 Å². The fraction of sp³-hybridized carbons (Fsp3) is 0.417. The Labute approximate surface area is 110 Å². The van der Waals surface area contributed by atoms with Crippen molar-refractivity contribution in [2.24, 2.45) is 5.73 Å². The van der Waals surface area contributed by atoms with Crippen molar-refractivity contribution in [1.82, 2.24) is 19.6 Å². The number of rotatable bonds is 3. The average Bonchev–Trinajstić information content (AvgIpc) is 3.04. The lowest BCUT2D eigenvalue weighted by Gasteiger charge is -2.24. The average molecular weight is 260 g/mol. The molecule has 0 spiro atoms. The number of primary amides is 1. The third-order valence-corrected chi connectivity index (χ3v) is 3.37. The first-order chi connectivity index (χ1) is 9.19. The standard InChI is InChI=1S/C12H16N6O/c1-2-17-7-8(6-15-17)10-3-4-14-11-5-9(12(13)19)16-18(10)11/h5-7,10,14H,2-4H2,1H3,(H2,13,19). The monoisotopic (exact) mass is 260 g/mol. The minimum Gasteiger partial charge on any atom is -0.370 e. The first kappa shape index (κ1) is 11.8. The summed E-state index contributed by atoms with van der Waals surface area (Å²) < 4.78 is 3.70. The normalized spacial score (nSPS) is 17.8. The number of fused-ring (bicyclic) bond motifs is 1. The van der Waals surface area contributed by atoms with Gasteiger partial charge in [-0.25, -0.2) is 4.68 Å². The van der Waals surface area contributed by atoms with Gasteiger partial charge in [-0.3, -0.25) is 9.48 Å². The highest BCUT2D eigenvalue weighted by molar-refractivity contribution is 5.91. The molecule has 3 rings (SSSR count). The summed E-state index contributed by atoms with van der Waals surface area (Å²) in [5.74, 6) is 0.320. The smallest absolute Gasteiger partial charge is 0.269 e. The van der Waals surface area contributed by atoms with Crippen molar-refractivity contribution in [3.05, 3.63) is 29.7 Å². The Hall–Kier alpha value is -2.31. The molecule has 7 nitrogen and oxygen atoms in total. The Kier molecular flexibility index (Phi) is 2.73. The summed E-state index contributed by atoms with van der Waals surface area (Å²) in [4.78, 5) is 11.2. The summed E-state index contributed by atoms with van der Waals surface area (Å²) in [6, 6.07) is 1.79. The molecule has 2 aromatic rings. The fourth-order valence-corrected chi connectivity index (χ4v) is 2.38. The number of anilines is 1. The predicted octanol–water partition coefficient (Wildman–Crippen LogP) is 0.603. The number of carbonyl (C=O) groups is 1. The van der Waals surface area contributed by atoms with Gasteiger partial charge >= 0.3 is 0 Å². The summed E-state index contributed by atoms with van der Waals surface area (Å²) in [6.07, 6.45) is 4.78. The Balaban J connectivity index is 1.99. The molecule has 19 heavy (non-hydrogen) atoms. The van der Waals surface area contributed by atoms with Gasteiger partial charge in [0.2, 0.25) is 0 Å². The topological polar surface area (TPSA) is 90.8 Å². The molecular formula is C12H16N6O. The molecule has 3 heterocycles. The minimum absolute atomic E-state index is 0.102. The maximum atomic E-state index is 11.2. The number of nitrogens with one attached hydrogen (secondary N) is 1. The molecule has 0 aromatic carbocycles. The van der Waals surface area contributed by atoms with Gasteiger partial charge in [-0.2, -0.15) is 10.2 Å². The summed E-state index contributed by atoms with van der Waals surface area (Å²) in [6.45, 7) is 3.72. The van der Waals surface area contributed by atoms with Crippen molar-refractivity contribution in [3.8, 4) is 0 Å². The zero-order valence-corrected chi connectivity index (χ0v) is 10.7. The van der Waals surface area contributed by atoms with Crippen LogP contribution in [0.5, 0.6) is 0 Å². The zero-order valence-electron chi connectivity index (χ0n) is 10.7. The van der Waals surface area contributed by atoms with Crippen LogP contribution in [0.15, 0.2) is 18.5 Å². The lowest BCUT2D eigenvalue weighted by Crippen LogP contribution is -2.24. The fourth-order valence-electron chi connectivity index (χ4n) is 2.38. The molecule has 1 atom stereocenters. The first-order valence-electron chi connectivity index (χ1n) is 6.34. The number of hydrogen-bond donors (Lipinski definition) is 2. The van der Waals surface area contributed by atoms with Gasteiger partial charge in [0, 0.05) is 30.9 Å². The lowest BCUT2D eigenvalue weighted by atomic mass is 10.1. The quantitative estimate of drug-likeness (QED) is 0.845. The molecule has 0 fully saturated rings. The van der Waals surface area contributed by atoms with Gasteiger partial charge in [-0.15, -0.1) is 0 Å². The second-order valence-electron chi connectivity index (χ2n) is 4.58. The highest BCUT2D eigenvalue weighted by Gasteiger charge is 2.25. The van der Waals surface area contributed by atoms with E-state index in [0.717, 1.165) is 30.9 Å². The van der Waals surface area contributed by atoms with Crippen LogP contribution in [-0.4, -0.2) is 32.0 Å². The van der Waals surface area contributed by atoms with E-state index >= 15 is 0 Å². The molecule has 0 bridgehead atoms. The number of nitrogens with two attached hydrogens (primary N) is 1. The summed E-state index contributed by atoms with van der Waals surface area (Å²) in [7, 11) is 0. The number of carbonyl (C=O) groups excluding carboxylic acids is 1. The van der Waals surface area contributed by atoms with E-state index in [1.54, 1.807) is 6.07 Å². The maximum Gasteiger partial charge on any atom is 0.269 e. The molecule has 1 unspecified atom stereocenters. The van der Waals surface area contributed by atoms with Crippen LogP contribution in [0, 0.1) is 0 Å². The van der Waals surface area contributed by atoms with E-state index in [-0.39, 0.29) is 11.7 Å². The second kappa shape index (κ2) is 4.42. The van der Waals surface area contributed by atoms with E-state index in [1.807, 2.05) is 28.7 Å². The molecule has 1 aliphatic rings. The highest BCUT2D eigenvalue weighted by Crippen LogP contribution is 2.29. The van der Waals surface area contributed by atoms with Crippen LogP contribution in [0.4, 0.5) is 5.82 Å². The maximum absolute atomic E-state index is 11.2. The number of nitrogens with zero attached hydrogens (tertiary/aromatic N) is 4. The van der Waals surface area contributed by atoms with Crippen LogP contribution < -0.4 is 11.1 Å². The van der Waals surface area contributed by atoms with Crippen molar-refractivity contribution in [1.29, 1.82) is 0 Å². The minimum atomic E-state index is -0.508. The molecule has 0 aliphatic carbocycles. The molecule has 7 heteroatoms. The Bertz CT molecular complexity index is 614. The van der Waals surface area contributed by atoms with Crippen LogP contribution in [0.1, 0.15) is 35.4 Å². The number of aryl methyl sites for hydroxylation is 1. The molecule has 0 saturated carbocycles. The second-order valence-corrected chi connectivity index (χ2v) is 4.58. The molecule has 1 aliphatic heterocycles. The van der Waals surface area contributed by atoms with Gasteiger partial charge < -0.3 is 11.1 Å². The Morgan fingerprint density at radius 3 is 3.16 bits per heavy atom. The third kappa shape index (κ3) is 1.96. The molecular weight excluding hydrogens is 244 g/mol. The van der Waals surface area contributed by atoms with Crippen molar-refractivity contribution in [3.63, 3.8) is 0 Å². The van der Waals surface area contributed by atoms with E-state index in [4.69, 9.17) is 5.73 Å². The van der Waals surface area contributed by atoms with E-state index < -0.39 is 5.91 Å². The van der Waals surface area contributed by atoms with Crippen LogP contribution in [0.25, 0.3) is 0 Å². The molecule has 100 valence electrons. The van der Waals surface area contributed by atoms with Crippen molar-refractivity contribution in [2.75, 3.05) is 11.9 Å². The van der Waals surface area contributed by atoms with Gasteiger partial charge in [-0.05, 0) is 13.3 Å². The molecule has 3 N–H and O–H groups in total. The Morgan fingerprint density at radius 2 is 2.47 bits per heavy atom. The van der Waals surface area contributed by atoms with E-state index in [1.165, 1.54) is 0 Å². The summed E-state index contributed by atoms with van der Waals surface area (Å²) in [5.41, 5.74) is 6.67. The van der Waals surface area contributed by atoms with Gasteiger partial charge in [-0.1, -0.05) is 0 Å². The van der Waals surface area contributed by atoms with Crippen LogP contribution in [0.3, 0.4) is 0 Å². The van der Waals surface area contributed by atoms with Crippen LogP contribution >= 0.6 is 0 Å². The number of hydrogen-bond acceptors (Lipinski definition) is 4. The molecule has 0 radical (unpaired) electrons. The van der Waals surface area contributed by atoms with Crippen molar-refractivity contribution >= 4 is 11.7 Å². The highest BCUT2D eigenvalue weighted by atomic mass is 16.1. The SMILES string of the molecule is CCn1cc(C2CCNc3cc(C(N)=O)nn32)cn1. The molecule has 0 saturated heterocycles. The number of aromatic nitrogens is 4. The first-order valence-corrected chi connectivity index (χ1v) is 6.34. The van der Waals surface area contributed by atoms with Crippen LogP contribution in [0.2, 0.25) is 0 Å². The largest absolute Gasteiger partial charge is 0.370 e. The van der Waals surface area contributed by atoms with Crippen molar-refractivity contribution < 1.29 is 4.79 Å². The molecule has 1 amide bonds. The third-order valence-electron chi connectivity index (χ3n) is 3.37. The van der Waals surface area contributed by atoms with Gasteiger partial charge in [0.1, 0.15) is 5.82 Å². The predicted molar refractivity (Wildman–Crippen MR) is 69.9 cm³/mol. The summed E-state index contributed by atoms with van der Waals surface area (Å²) in [5, 5.41) is 11.8. The lowest BCUT2D eigenvalue weighted by molar-refractivity contribution is 0.0994. The van der Waals surface area contributed by atoms with E-state index in [2.05, 4.69) is 15.5 Å². The molecule has 2 aromatic heterocycles. The van der Waals surface area contributed by atoms with Gasteiger partial charge in [0.25, 0.3) is 5.91 Å². The Morgan fingerprint density at radius 1 is 1.63 bits per heavy atom. The number of amides is 1. The van der Waals surface area contributed by atoms with Crippen molar-refractivity contribution in [2.45, 2.75) is 25.9 Å². The zero-order chi connectivity index (χ0) is 13.4.